The average molecular weight is 235 g/mol. The zero-order chi connectivity index (χ0) is 12.1. The van der Waals surface area contributed by atoms with E-state index in [1.54, 1.807) is 25.4 Å². The van der Waals surface area contributed by atoms with Crippen LogP contribution in [0.3, 0.4) is 0 Å². The Bertz CT molecular complexity index is 372. The van der Waals surface area contributed by atoms with Gasteiger partial charge in [0.15, 0.2) is 0 Å². The minimum atomic E-state index is 0.0594. The fourth-order valence-electron chi connectivity index (χ4n) is 1.89. The van der Waals surface area contributed by atoms with E-state index in [-0.39, 0.29) is 11.8 Å². The number of carbonyl (C=O) groups excluding carboxylic acids is 1. The molecule has 5 heteroatoms. The molecular formula is C12H17N3O2. The molecule has 1 fully saturated rings. The van der Waals surface area contributed by atoms with Crippen molar-refractivity contribution in [3.05, 3.63) is 18.3 Å². The Balaban J connectivity index is 1.92. The van der Waals surface area contributed by atoms with Crippen LogP contribution in [0.2, 0.25) is 0 Å². The van der Waals surface area contributed by atoms with Gasteiger partial charge in [-0.1, -0.05) is 0 Å². The highest BCUT2D eigenvalue weighted by Crippen LogP contribution is 2.15. The van der Waals surface area contributed by atoms with Crippen molar-refractivity contribution >= 4 is 11.6 Å². The van der Waals surface area contributed by atoms with Crippen LogP contribution in [0.1, 0.15) is 12.8 Å². The standard InChI is InChI=1S/C12H17N3O2/c1-17-11-5-4-10(8-14-11)15-12(16)9-3-2-6-13-7-9/h4-5,8-9,13H,2-3,6-7H2,1H3,(H,15,16)/t9-/m0/s1. The number of aromatic nitrogens is 1. The molecule has 92 valence electrons. The molecule has 1 aromatic rings. The fraction of sp³-hybridized carbons (Fsp3) is 0.500. The Morgan fingerprint density at radius 3 is 3.06 bits per heavy atom. The summed E-state index contributed by atoms with van der Waals surface area (Å²) in [6, 6.07) is 3.52. The summed E-state index contributed by atoms with van der Waals surface area (Å²) in [4.78, 5) is 16.0. The van der Waals surface area contributed by atoms with Crippen molar-refractivity contribution in [1.82, 2.24) is 10.3 Å². The van der Waals surface area contributed by atoms with Crippen LogP contribution in [0, 0.1) is 5.92 Å². The van der Waals surface area contributed by atoms with E-state index in [9.17, 15) is 4.79 Å². The average Bonchev–Trinajstić information content (AvgIpc) is 2.40. The monoisotopic (exact) mass is 235 g/mol. The maximum Gasteiger partial charge on any atom is 0.228 e. The van der Waals surface area contributed by atoms with Gasteiger partial charge in [-0.05, 0) is 25.5 Å². The molecule has 0 spiro atoms. The number of nitrogens with one attached hydrogen (secondary N) is 2. The highest BCUT2D eigenvalue weighted by atomic mass is 16.5. The number of methoxy groups -OCH3 is 1. The lowest BCUT2D eigenvalue weighted by Gasteiger charge is -2.21. The minimum absolute atomic E-state index is 0.0594. The lowest BCUT2D eigenvalue weighted by Crippen LogP contribution is -2.37. The number of anilines is 1. The van der Waals surface area contributed by atoms with Gasteiger partial charge in [-0.15, -0.1) is 0 Å². The van der Waals surface area contributed by atoms with Gasteiger partial charge < -0.3 is 15.4 Å². The SMILES string of the molecule is COc1ccc(NC(=O)[C@H]2CCCNC2)cn1. The summed E-state index contributed by atoms with van der Waals surface area (Å²) in [6.07, 6.45) is 3.61. The number of hydrogen-bond donors (Lipinski definition) is 2. The number of piperidine rings is 1. The Morgan fingerprint density at radius 1 is 1.59 bits per heavy atom. The summed E-state index contributed by atoms with van der Waals surface area (Å²) < 4.78 is 4.96. The minimum Gasteiger partial charge on any atom is -0.481 e. The van der Waals surface area contributed by atoms with Gasteiger partial charge in [0.2, 0.25) is 11.8 Å². The zero-order valence-electron chi connectivity index (χ0n) is 9.90. The molecule has 1 aliphatic rings. The molecular weight excluding hydrogens is 218 g/mol. The van der Waals surface area contributed by atoms with Crippen molar-refractivity contribution in [3.63, 3.8) is 0 Å². The van der Waals surface area contributed by atoms with E-state index < -0.39 is 0 Å². The lowest BCUT2D eigenvalue weighted by molar-refractivity contribution is -0.120. The van der Waals surface area contributed by atoms with Gasteiger partial charge in [0.1, 0.15) is 0 Å². The molecule has 2 rings (SSSR count). The molecule has 0 bridgehead atoms. The number of amides is 1. The Hall–Kier alpha value is -1.62. The Kier molecular flexibility index (Phi) is 3.93. The van der Waals surface area contributed by atoms with E-state index in [1.165, 1.54) is 0 Å². The summed E-state index contributed by atoms with van der Waals surface area (Å²) in [5, 5.41) is 6.09. The van der Waals surface area contributed by atoms with Gasteiger partial charge in [0, 0.05) is 12.6 Å². The topological polar surface area (TPSA) is 63.2 Å². The van der Waals surface area contributed by atoms with Gasteiger partial charge >= 0.3 is 0 Å². The van der Waals surface area contributed by atoms with Crippen LogP contribution in [0.25, 0.3) is 0 Å². The molecule has 1 amide bonds. The Labute approximate surface area is 101 Å². The molecule has 1 saturated heterocycles. The third-order valence-electron chi connectivity index (χ3n) is 2.88. The van der Waals surface area contributed by atoms with Crippen LogP contribution < -0.4 is 15.4 Å². The molecule has 0 unspecified atom stereocenters. The number of rotatable bonds is 3. The smallest absolute Gasteiger partial charge is 0.228 e. The molecule has 1 aromatic heterocycles. The molecule has 0 aromatic carbocycles. The third-order valence-corrected chi connectivity index (χ3v) is 2.88. The first-order valence-electron chi connectivity index (χ1n) is 5.81. The number of carbonyl (C=O) groups is 1. The summed E-state index contributed by atoms with van der Waals surface area (Å²) in [5.41, 5.74) is 0.710. The molecule has 1 aliphatic heterocycles. The second-order valence-corrected chi connectivity index (χ2v) is 4.12. The normalized spacial score (nSPS) is 19.7. The van der Waals surface area contributed by atoms with E-state index in [4.69, 9.17) is 4.74 Å². The van der Waals surface area contributed by atoms with Crippen molar-refractivity contribution in [2.24, 2.45) is 5.92 Å². The van der Waals surface area contributed by atoms with Crippen molar-refractivity contribution in [3.8, 4) is 5.88 Å². The maximum absolute atomic E-state index is 11.9. The molecule has 0 saturated carbocycles. The number of ether oxygens (including phenoxy) is 1. The second-order valence-electron chi connectivity index (χ2n) is 4.12. The third kappa shape index (κ3) is 3.17. The molecule has 5 nitrogen and oxygen atoms in total. The molecule has 1 atom stereocenters. The summed E-state index contributed by atoms with van der Waals surface area (Å²) >= 11 is 0. The molecule has 2 heterocycles. The van der Waals surface area contributed by atoms with Gasteiger partial charge in [-0.3, -0.25) is 4.79 Å². The van der Waals surface area contributed by atoms with Crippen LogP contribution in [-0.4, -0.2) is 31.1 Å². The Morgan fingerprint density at radius 2 is 2.47 bits per heavy atom. The van der Waals surface area contributed by atoms with E-state index >= 15 is 0 Å². The highest BCUT2D eigenvalue weighted by molar-refractivity contribution is 5.92. The van der Waals surface area contributed by atoms with Gasteiger partial charge in [-0.25, -0.2) is 4.98 Å². The number of hydrogen-bond acceptors (Lipinski definition) is 4. The van der Waals surface area contributed by atoms with Gasteiger partial charge in [0.25, 0.3) is 0 Å². The summed E-state index contributed by atoms with van der Waals surface area (Å²) in [5.74, 6) is 0.664. The zero-order valence-corrected chi connectivity index (χ0v) is 9.90. The van der Waals surface area contributed by atoms with E-state index in [0.29, 0.717) is 11.6 Å². The predicted molar refractivity (Wildman–Crippen MR) is 65.0 cm³/mol. The quantitative estimate of drug-likeness (QED) is 0.821. The summed E-state index contributed by atoms with van der Waals surface area (Å²) in [6.45, 7) is 1.77. The van der Waals surface area contributed by atoms with Gasteiger partial charge in [-0.2, -0.15) is 0 Å². The first-order chi connectivity index (χ1) is 8.29. The van der Waals surface area contributed by atoms with E-state index in [1.807, 2.05) is 0 Å². The van der Waals surface area contributed by atoms with E-state index in [0.717, 1.165) is 25.9 Å². The molecule has 2 N–H and O–H groups in total. The first-order valence-corrected chi connectivity index (χ1v) is 5.81. The van der Waals surface area contributed by atoms with E-state index in [2.05, 4.69) is 15.6 Å². The van der Waals surface area contributed by atoms with Crippen molar-refractivity contribution in [2.75, 3.05) is 25.5 Å². The van der Waals surface area contributed by atoms with Crippen LogP contribution in [0.5, 0.6) is 5.88 Å². The number of nitrogens with zero attached hydrogens (tertiary/aromatic N) is 1. The van der Waals surface area contributed by atoms with Gasteiger partial charge in [0.05, 0.1) is 24.9 Å². The largest absolute Gasteiger partial charge is 0.481 e. The second kappa shape index (κ2) is 5.63. The van der Waals surface area contributed by atoms with Crippen LogP contribution in [-0.2, 0) is 4.79 Å². The molecule has 0 aliphatic carbocycles. The molecule has 0 radical (unpaired) electrons. The predicted octanol–water partition coefficient (Wildman–Crippen LogP) is 1.03. The fourth-order valence-corrected chi connectivity index (χ4v) is 1.89. The lowest BCUT2D eigenvalue weighted by atomic mass is 9.99. The van der Waals surface area contributed by atoms with Crippen molar-refractivity contribution in [2.45, 2.75) is 12.8 Å². The van der Waals surface area contributed by atoms with Crippen LogP contribution in [0.4, 0.5) is 5.69 Å². The maximum atomic E-state index is 11.9. The number of pyridine rings is 1. The molecule has 17 heavy (non-hydrogen) atoms. The highest BCUT2D eigenvalue weighted by Gasteiger charge is 2.20. The van der Waals surface area contributed by atoms with Crippen molar-refractivity contribution in [1.29, 1.82) is 0 Å². The van der Waals surface area contributed by atoms with Crippen LogP contribution >= 0.6 is 0 Å². The van der Waals surface area contributed by atoms with Crippen molar-refractivity contribution < 1.29 is 9.53 Å². The first kappa shape index (κ1) is 11.9. The summed E-state index contributed by atoms with van der Waals surface area (Å²) in [7, 11) is 1.56. The van der Waals surface area contributed by atoms with Crippen LogP contribution in [0.15, 0.2) is 18.3 Å².